The summed E-state index contributed by atoms with van der Waals surface area (Å²) in [5.74, 6) is 4.60. The highest BCUT2D eigenvalue weighted by atomic mass is 32.2. The number of terminal acetylenes is 1. The van der Waals surface area contributed by atoms with Crippen LogP contribution in [0.4, 0.5) is 5.69 Å². The van der Waals surface area contributed by atoms with Crippen LogP contribution in [0.5, 0.6) is 0 Å². The standard InChI is InChI=1S/C16H22N2S/c1-2-13-19-14-10-17-15-8-11-18(12-9-15)16-6-4-3-5-7-16/h1,3-7,15,17H,8-14H2. The Morgan fingerprint density at radius 3 is 2.68 bits per heavy atom. The molecule has 3 heteroatoms. The number of benzene rings is 1. The molecule has 1 heterocycles. The van der Waals surface area contributed by atoms with Crippen LogP contribution in [0.2, 0.25) is 0 Å². The van der Waals surface area contributed by atoms with Gasteiger partial charge in [-0.1, -0.05) is 24.1 Å². The Bertz CT molecular complexity index is 391. The van der Waals surface area contributed by atoms with E-state index in [1.807, 2.05) is 11.8 Å². The first-order chi connectivity index (χ1) is 9.40. The quantitative estimate of drug-likeness (QED) is 0.634. The van der Waals surface area contributed by atoms with Crippen LogP contribution >= 0.6 is 11.8 Å². The Morgan fingerprint density at radius 2 is 2.00 bits per heavy atom. The summed E-state index contributed by atoms with van der Waals surface area (Å²) >= 11 is 1.83. The van der Waals surface area contributed by atoms with E-state index >= 15 is 0 Å². The molecule has 1 aromatic rings. The Balaban J connectivity index is 1.64. The van der Waals surface area contributed by atoms with Crippen molar-refractivity contribution >= 4 is 17.4 Å². The summed E-state index contributed by atoms with van der Waals surface area (Å²) in [6.07, 6.45) is 7.69. The number of hydrogen-bond donors (Lipinski definition) is 1. The van der Waals surface area contributed by atoms with Gasteiger partial charge in [0.15, 0.2) is 0 Å². The van der Waals surface area contributed by atoms with Gasteiger partial charge in [-0.15, -0.1) is 18.2 Å². The van der Waals surface area contributed by atoms with Crippen LogP contribution in [0, 0.1) is 12.3 Å². The van der Waals surface area contributed by atoms with Crippen LogP contribution < -0.4 is 10.2 Å². The number of anilines is 1. The lowest BCUT2D eigenvalue weighted by Crippen LogP contribution is -2.43. The molecular formula is C16H22N2S. The van der Waals surface area contributed by atoms with Crippen molar-refractivity contribution in [3.63, 3.8) is 0 Å². The molecule has 102 valence electrons. The Kier molecular flexibility index (Phi) is 6.13. The highest BCUT2D eigenvalue weighted by molar-refractivity contribution is 7.99. The lowest BCUT2D eigenvalue weighted by molar-refractivity contribution is 0.425. The molecule has 0 atom stereocenters. The van der Waals surface area contributed by atoms with Gasteiger partial charge in [0.25, 0.3) is 0 Å². The van der Waals surface area contributed by atoms with Crippen molar-refractivity contribution in [2.45, 2.75) is 18.9 Å². The van der Waals surface area contributed by atoms with E-state index in [1.54, 1.807) is 0 Å². The van der Waals surface area contributed by atoms with E-state index in [1.165, 1.54) is 18.5 Å². The average Bonchev–Trinajstić information content (AvgIpc) is 2.49. The van der Waals surface area contributed by atoms with Crippen molar-refractivity contribution in [2.75, 3.05) is 36.0 Å². The normalized spacial score (nSPS) is 16.3. The highest BCUT2D eigenvalue weighted by Crippen LogP contribution is 2.19. The monoisotopic (exact) mass is 274 g/mol. The van der Waals surface area contributed by atoms with E-state index in [0.717, 1.165) is 31.1 Å². The molecule has 1 aromatic carbocycles. The van der Waals surface area contributed by atoms with Crippen molar-refractivity contribution in [1.29, 1.82) is 0 Å². The second-order valence-corrected chi connectivity index (χ2v) is 5.91. The molecule has 1 aliphatic heterocycles. The van der Waals surface area contributed by atoms with E-state index < -0.39 is 0 Å². The first kappa shape index (κ1) is 14.3. The van der Waals surface area contributed by atoms with E-state index in [-0.39, 0.29) is 0 Å². The van der Waals surface area contributed by atoms with Crippen LogP contribution in [-0.4, -0.2) is 37.2 Å². The summed E-state index contributed by atoms with van der Waals surface area (Å²) in [5.41, 5.74) is 1.35. The van der Waals surface area contributed by atoms with Crippen molar-refractivity contribution in [1.82, 2.24) is 5.32 Å². The van der Waals surface area contributed by atoms with E-state index in [0.29, 0.717) is 6.04 Å². The molecule has 1 aliphatic rings. The zero-order chi connectivity index (χ0) is 13.3. The SMILES string of the molecule is C#CCSCCNC1CCN(c2ccccc2)CC1. The third kappa shape index (κ3) is 4.81. The average molecular weight is 274 g/mol. The van der Waals surface area contributed by atoms with Crippen LogP contribution in [0.1, 0.15) is 12.8 Å². The molecule has 0 saturated carbocycles. The van der Waals surface area contributed by atoms with Crippen molar-refractivity contribution in [3.8, 4) is 12.3 Å². The molecule has 2 nitrogen and oxygen atoms in total. The second-order valence-electron chi connectivity index (χ2n) is 4.81. The zero-order valence-corrected chi connectivity index (χ0v) is 12.2. The maximum atomic E-state index is 5.23. The lowest BCUT2D eigenvalue weighted by Gasteiger charge is -2.34. The summed E-state index contributed by atoms with van der Waals surface area (Å²) in [5, 5.41) is 3.64. The largest absolute Gasteiger partial charge is 0.371 e. The summed E-state index contributed by atoms with van der Waals surface area (Å²) < 4.78 is 0. The van der Waals surface area contributed by atoms with Crippen LogP contribution in [0.15, 0.2) is 30.3 Å². The summed E-state index contributed by atoms with van der Waals surface area (Å²) in [6.45, 7) is 3.38. The van der Waals surface area contributed by atoms with E-state index in [4.69, 9.17) is 6.42 Å². The first-order valence-corrected chi connectivity index (χ1v) is 8.10. The molecule has 0 radical (unpaired) electrons. The molecule has 1 fully saturated rings. The van der Waals surface area contributed by atoms with Gasteiger partial charge < -0.3 is 10.2 Å². The smallest absolute Gasteiger partial charge is 0.0545 e. The van der Waals surface area contributed by atoms with Gasteiger partial charge in [-0.3, -0.25) is 0 Å². The molecule has 19 heavy (non-hydrogen) atoms. The Morgan fingerprint density at radius 1 is 1.26 bits per heavy atom. The van der Waals surface area contributed by atoms with Crippen LogP contribution in [0.3, 0.4) is 0 Å². The summed E-state index contributed by atoms with van der Waals surface area (Å²) in [4.78, 5) is 2.48. The van der Waals surface area contributed by atoms with Gasteiger partial charge in [0.1, 0.15) is 0 Å². The maximum Gasteiger partial charge on any atom is 0.0545 e. The summed E-state index contributed by atoms with van der Waals surface area (Å²) in [7, 11) is 0. The van der Waals surface area contributed by atoms with E-state index in [2.05, 4.69) is 46.5 Å². The minimum atomic E-state index is 0.673. The Labute approximate surface area is 121 Å². The van der Waals surface area contributed by atoms with Crippen LogP contribution in [0.25, 0.3) is 0 Å². The number of nitrogens with zero attached hydrogens (tertiary/aromatic N) is 1. The highest BCUT2D eigenvalue weighted by Gasteiger charge is 2.18. The molecular weight excluding hydrogens is 252 g/mol. The molecule has 0 aromatic heterocycles. The van der Waals surface area contributed by atoms with Gasteiger partial charge in [-0.2, -0.15) is 0 Å². The van der Waals surface area contributed by atoms with Crippen molar-refractivity contribution in [2.24, 2.45) is 0 Å². The molecule has 0 bridgehead atoms. The van der Waals surface area contributed by atoms with Gasteiger partial charge in [0.05, 0.1) is 5.75 Å². The van der Waals surface area contributed by atoms with Gasteiger partial charge in [0.2, 0.25) is 0 Å². The molecule has 2 rings (SSSR count). The van der Waals surface area contributed by atoms with Crippen molar-refractivity contribution in [3.05, 3.63) is 30.3 Å². The minimum Gasteiger partial charge on any atom is -0.371 e. The molecule has 1 saturated heterocycles. The molecule has 0 spiro atoms. The Hall–Kier alpha value is -1.11. The molecule has 0 aliphatic carbocycles. The van der Waals surface area contributed by atoms with E-state index in [9.17, 15) is 0 Å². The third-order valence-corrected chi connectivity index (χ3v) is 4.34. The second kappa shape index (κ2) is 8.14. The van der Waals surface area contributed by atoms with Gasteiger partial charge in [0, 0.05) is 37.1 Å². The minimum absolute atomic E-state index is 0.673. The topological polar surface area (TPSA) is 15.3 Å². The molecule has 0 unspecified atom stereocenters. The lowest BCUT2D eigenvalue weighted by atomic mass is 10.0. The van der Waals surface area contributed by atoms with Gasteiger partial charge in [-0.05, 0) is 25.0 Å². The number of para-hydroxylation sites is 1. The summed E-state index contributed by atoms with van der Waals surface area (Å²) in [6, 6.07) is 11.4. The molecule has 0 amide bonds. The number of hydrogen-bond acceptors (Lipinski definition) is 3. The maximum absolute atomic E-state index is 5.23. The van der Waals surface area contributed by atoms with Crippen molar-refractivity contribution < 1.29 is 0 Å². The number of nitrogens with one attached hydrogen (secondary N) is 1. The number of thioether (sulfide) groups is 1. The third-order valence-electron chi connectivity index (χ3n) is 3.48. The number of piperidine rings is 1. The first-order valence-electron chi connectivity index (χ1n) is 6.95. The predicted octanol–water partition coefficient (Wildman–Crippen LogP) is 2.61. The predicted molar refractivity (Wildman–Crippen MR) is 85.8 cm³/mol. The fourth-order valence-corrected chi connectivity index (χ4v) is 2.97. The fourth-order valence-electron chi connectivity index (χ4n) is 2.45. The van der Waals surface area contributed by atoms with Gasteiger partial charge >= 0.3 is 0 Å². The van der Waals surface area contributed by atoms with Crippen LogP contribution in [-0.2, 0) is 0 Å². The fraction of sp³-hybridized carbons (Fsp3) is 0.500. The zero-order valence-electron chi connectivity index (χ0n) is 11.3. The number of rotatable bonds is 6. The molecule has 1 N–H and O–H groups in total. The van der Waals surface area contributed by atoms with Gasteiger partial charge in [-0.25, -0.2) is 0 Å².